The van der Waals surface area contributed by atoms with E-state index >= 15 is 0 Å². The van der Waals surface area contributed by atoms with Crippen LogP contribution in [-0.4, -0.2) is 39.7 Å². The maximum atomic E-state index is 12.1. The summed E-state index contributed by atoms with van der Waals surface area (Å²) in [6.45, 7) is 1.48. The lowest BCUT2D eigenvalue weighted by Gasteiger charge is -2.08. The highest BCUT2D eigenvalue weighted by molar-refractivity contribution is 7.89. The molecule has 0 amide bonds. The molecule has 0 saturated carbocycles. The Balaban J connectivity index is 2.70. The third-order valence-corrected chi connectivity index (χ3v) is 4.19. The summed E-state index contributed by atoms with van der Waals surface area (Å²) in [4.78, 5) is -0.119. The van der Waals surface area contributed by atoms with Crippen LogP contribution in [0.3, 0.4) is 0 Å². The van der Waals surface area contributed by atoms with Crippen LogP contribution in [0.15, 0.2) is 9.31 Å². The minimum absolute atomic E-state index is 0.119. The third-order valence-electron chi connectivity index (χ3n) is 2.53. The van der Waals surface area contributed by atoms with Gasteiger partial charge in [0.15, 0.2) is 0 Å². The van der Waals surface area contributed by atoms with Gasteiger partial charge in [0.05, 0.1) is 13.2 Å². The summed E-state index contributed by atoms with van der Waals surface area (Å²) in [5.74, 6) is 0.479. The molecule has 1 aromatic rings. The maximum absolute atomic E-state index is 12.1. The van der Waals surface area contributed by atoms with Crippen molar-refractivity contribution >= 4 is 10.0 Å². The van der Waals surface area contributed by atoms with Crippen molar-refractivity contribution in [2.45, 2.75) is 31.8 Å². The zero-order valence-corrected chi connectivity index (χ0v) is 12.0. The van der Waals surface area contributed by atoms with Crippen molar-refractivity contribution in [3.05, 3.63) is 17.1 Å². The van der Waals surface area contributed by atoms with Gasteiger partial charge in [-0.05, 0) is 13.8 Å². The van der Waals surface area contributed by atoms with E-state index in [1.54, 1.807) is 6.92 Å². The summed E-state index contributed by atoms with van der Waals surface area (Å²) in [6, 6.07) is 0. The van der Waals surface area contributed by atoms with Crippen molar-refractivity contribution in [2.75, 3.05) is 19.8 Å². The zero-order valence-electron chi connectivity index (χ0n) is 11.2. The Hall–Kier alpha value is -1.03. The molecule has 1 heterocycles. The van der Waals surface area contributed by atoms with E-state index in [2.05, 4.69) is 9.46 Å². The number of rotatable bonds is 8. The predicted molar refractivity (Wildman–Crippen MR) is 66.1 cm³/mol. The number of hydrogen-bond acceptors (Lipinski definition) is 5. The van der Waals surface area contributed by atoms with Crippen molar-refractivity contribution in [2.24, 2.45) is 0 Å². The number of aliphatic hydroxyl groups is 1. The average Bonchev–Trinajstić information content (AvgIpc) is 2.63. The number of halogens is 2. The second-order valence-electron chi connectivity index (χ2n) is 4.04. The SMILES string of the molecule is Cc1oc(C)c(S(=O)(=O)NCCOCC(F)F)c1CO. The molecular weight excluding hydrogens is 296 g/mol. The lowest BCUT2D eigenvalue weighted by Crippen LogP contribution is -2.29. The Labute approximate surface area is 115 Å². The van der Waals surface area contributed by atoms with Gasteiger partial charge in [-0.2, -0.15) is 0 Å². The first kappa shape index (κ1) is 17.0. The lowest BCUT2D eigenvalue weighted by atomic mass is 10.2. The molecule has 0 fully saturated rings. The molecule has 0 bridgehead atoms. The van der Waals surface area contributed by atoms with Gasteiger partial charge in [0.1, 0.15) is 23.0 Å². The molecule has 1 aromatic heterocycles. The molecule has 116 valence electrons. The van der Waals surface area contributed by atoms with E-state index in [4.69, 9.17) is 4.42 Å². The molecule has 0 spiro atoms. The van der Waals surface area contributed by atoms with Gasteiger partial charge in [-0.3, -0.25) is 0 Å². The monoisotopic (exact) mass is 313 g/mol. The summed E-state index contributed by atoms with van der Waals surface area (Å²) < 4.78 is 59.7. The van der Waals surface area contributed by atoms with Crippen LogP contribution in [0.2, 0.25) is 0 Å². The van der Waals surface area contributed by atoms with E-state index in [0.717, 1.165) is 0 Å². The average molecular weight is 313 g/mol. The van der Waals surface area contributed by atoms with E-state index in [0.29, 0.717) is 5.76 Å². The van der Waals surface area contributed by atoms with E-state index < -0.39 is 29.7 Å². The molecule has 9 heteroatoms. The smallest absolute Gasteiger partial charge is 0.261 e. The second kappa shape index (κ2) is 7.11. The van der Waals surface area contributed by atoms with Gasteiger partial charge in [-0.1, -0.05) is 0 Å². The van der Waals surface area contributed by atoms with Gasteiger partial charge in [-0.15, -0.1) is 0 Å². The van der Waals surface area contributed by atoms with Crippen LogP contribution in [-0.2, 0) is 21.4 Å². The summed E-state index contributed by atoms with van der Waals surface area (Å²) in [7, 11) is -3.88. The number of hydrogen-bond donors (Lipinski definition) is 2. The molecule has 0 radical (unpaired) electrons. The van der Waals surface area contributed by atoms with Gasteiger partial charge < -0.3 is 14.3 Å². The number of alkyl halides is 2. The van der Waals surface area contributed by atoms with E-state index in [9.17, 15) is 22.3 Å². The van der Waals surface area contributed by atoms with Crippen LogP contribution < -0.4 is 4.72 Å². The summed E-state index contributed by atoms with van der Waals surface area (Å²) >= 11 is 0. The number of ether oxygens (including phenoxy) is 1. The molecule has 0 aromatic carbocycles. The van der Waals surface area contributed by atoms with E-state index in [1.807, 2.05) is 0 Å². The number of furan rings is 1. The lowest BCUT2D eigenvalue weighted by molar-refractivity contribution is 0.0199. The van der Waals surface area contributed by atoms with E-state index in [1.165, 1.54) is 6.92 Å². The Morgan fingerprint density at radius 2 is 2.00 bits per heavy atom. The molecule has 0 aliphatic rings. The molecule has 2 N–H and O–H groups in total. The topological polar surface area (TPSA) is 88.8 Å². The summed E-state index contributed by atoms with van der Waals surface area (Å²) in [5, 5.41) is 9.19. The fourth-order valence-electron chi connectivity index (χ4n) is 1.74. The Kier molecular flexibility index (Phi) is 6.06. The third kappa shape index (κ3) is 4.23. The number of sulfonamides is 1. The van der Waals surface area contributed by atoms with Crippen LogP contribution in [0.5, 0.6) is 0 Å². The summed E-state index contributed by atoms with van der Waals surface area (Å²) in [6.07, 6.45) is -2.59. The Bertz CT molecular complexity index is 541. The van der Waals surface area contributed by atoms with Crippen LogP contribution in [0.1, 0.15) is 17.1 Å². The van der Waals surface area contributed by atoms with E-state index in [-0.39, 0.29) is 29.4 Å². The number of aliphatic hydroxyl groups excluding tert-OH is 1. The molecule has 1 rings (SSSR count). The normalized spacial score (nSPS) is 12.3. The highest BCUT2D eigenvalue weighted by Crippen LogP contribution is 2.26. The number of aryl methyl sites for hydroxylation is 2. The molecule has 0 aliphatic carbocycles. The first-order valence-corrected chi connectivity index (χ1v) is 7.33. The fraction of sp³-hybridized carbons (Fsp3) is 0.636. The van der Waals surface area contributed by atoms with Crippen LogP contribution in [0.25, 0.3) is 0 Å². The fourth-order valence-corrected chi connectivity index (χ4v) is 3.19. The first-order chi connectivity index (χ1) is 9.29. The largest absolute Gasteiger partial charge is 0.465 e. The van der Waals surface area contributed by atoms with Gasteiger partial charge >= 0.3 is 0 Å². The molecule has 0 unspecified atom stereocenters. The standard InChI is InChI=1S/C11H17F2NO5S/c1-7-9(5-15)11(8(2)19-7)20(16,17)14-3-4-18-6-10(12)13/h10,14-15H,3-6H2,1-2H3. The molecule has 6 nitrogen and oxygen atoms in total. The molecule has 0 aliphatic heterocycles. The quantitative estimate of drug-likeness (QED) is 0.698. The van der Waals surface area contributed by atoms with Crippen molar-refractivity contribution in [3.63, 3.8) is 0 Å². The highest BCUT2D eigenvalue weighted by Gasteiger charge is 2.26. The molecule has 0 saturated heterocycles. The minimum Gasteiger partial charge on any atom is -0.465 e. The minimum atomic E-state index is -3.88. The van der Waals surface area contributed by atoms with Gasteiger partial charge in [0.25, 0.3) is 6.43 Å². The van der Waals surface area contributed by atoms with Gasteiger partial charge in [0, 0.05) is 12.1 Å². The van der Waals surface area contributed by atoms with Crippen molar-refractivity contribution in [1.82, 2.24) is 4.72 Å². The first-order valence-electron chi connectivity index (χ1n) is 5.85. The highest BCUT2D eigenvalue weighted by atomic mass is 32.2. The van der Waals surface area contributed by atoms with Crippen molar-refractivity contribution in [3.8, 4) is 0 Å². The van der Waals surface area contributed by atoms with Crippen molar-refractivity contribution in [1.29, 1.82) is 0 Å². The molecule has 20 heavy (non-hydrogen) atoms. The van der Waals surface area contributed by atoms with Crippen LogP contribution in [0.4, 0.5) is 8.78 Å². The van der Waals surface area contributed by atoms with Gasteiger partial charge in [-0.25, -0.2) is 21.9 Å². The molecule has 0 atom stereocenters. The van der Waals surface area contributed by atoms with Crippen LogP contribution >= 0.6 is 0 Å². The maximum Gasteiger partial charge on any atom is 0.261 e. The Morgan fingerprint density at radius 3 is 2.55 bits per heavy atom. The predicted octanol–water partition coefficient (Wildman–Crippen LogP) is 0.949. The second-order valence-corrected chi connectivity index (χ2v) is 5.75. The molecular formula is C11H17F2NO5S. The zero-order chi connectivity index (χ0) is 15.3. The Morgan fingerprint density at radius 1 is 1.35 bits per heavy atom. The van der Waals surface area contributed by atoms with Crippen LogP contribution in [0, 0.1) is 13.8 Å². The summed E-state index contributed by atoms with van der Waals surface area (Å²) in [5.41, 5.74) is 0.184. The van der Waals surface area contributed by atoms with Crippen molar-refractivity contribution < 1.29 is 31.5 Å². The number of nitrogens with one attached hydrogen (secondary N) is 1. The van der Waals surface area contributed by atoms with Gasteiger partial charge in [0.2, 0.25) is 10.0 Å².